The van der Waals surface area contributed by atoms with E-state index in [4.69, 9.17) is 9.47 Å². The molecule has 0 aromatic heterocycles. The normalized spacial score (nSPS) is 26.3. The van der Waals surface area contributed by atoms with Crippen LogP contribution in [0.2, 0.25) is 0 Å². The van der Waals surface area contributed by atoms with E-state index in [1.54, 1.807) is 12.1 Å². The minimum Gasteiger partial charge on any atom is -0.508 e. The quantitative estimate of drug-likeness (QED) is 0.372. The van der Waals surface area contributed by atoms with Crippen molar-refractivity contribution in [3.63, 3.8) is 0 Å². The van der Waals surface area contributed by atoms with Crippen LogP contribution < -0.4 is 4.74 Å². The number of ketones is 1. The number of benzene rings is 2. The lowest BCUT2D eigenvalue weighted by atomic mass is 9.99. The van der Waals surface area contributed by atoms with Crippen LogP contribution in [0.25, 0.3) is 0 Å². The van der Waals surface area contributed by atoms with Crippen LogP contribution in [0.1, 0.15) is 29.3 Å². The van der Waals surface area contributed by atoms with E-state index in [1.165, 1.54) is 19.1 Å². The highest BCUT2D eigenvalue weighted by Crippen LogP contribution is 2.36. The van der Waals surface area contributed by atoms with Gasteiger partial charge in [0.1, 0.15) is 46.9 Å². The summed E-state index contributed by atoms with van der Waals surface area (Å²) in [5.41, 5.74) is 0.578. The molecule has 6 N–H and O–H groups in total. The van der Waals surface area contributed by atoms with Crippen molar-refractivity contribution in [1.29, 1.82) is 0 Å². The molecule has 0 saturated carbocycles. The van der Waals surface area contributed by atoms with Crippen molar-refractivity contribution in [2.45, 2.75) is 50.5 Å². The number of Topliss-reactive ketones (excluding diaryl/α,β-unsaturated/α-hetero) is 1. The number of aliphatic hydroxyl groups excluding tert-OH is 3. The summed E-state index contributed by atoms with van der Waals surface area (Å²) in [7, 11) is 0. The molecule has 0 spiro atoms. The number of carbonyl (C=O) groups excluding carboxylic acids is 1. The van der Waals surface area contributed by atoms with E-state index in [2.05, 4.69) is 0 Å². The molecule has 5 atom stereocenters. The summed E-state index contributed by atoms with van der Waals surface area (Å²) >= 11 is 0. The first kappa shape index (κ1) is 21.8. The van der Waals surface area contributed by atoms with Gasteiger partial charge in [-0.25, -0.2) is 0 Å². The summed E-state index contributed by atoms with van der Waals surface area (Å²) in [6.07, 6.45) is -6.49. The molecule has 0 amide bonds. The average molecular weight is 420 g/mol. The monoisotopic (exact) mass is 420 g/mol. The van der Waals surface area contributed by atoms with E-state index in [1.807, 2.05) is 0 Å². The Balaban J connectivity index is 1.81. The Morgan fingerprint density at radius 2 is 1.63 bits per heavy atom. The second kappa shape index (κ2) is 8.88. The maximum absolute atomic E-state index is 12.8. The molecule has 1 heterocycles. The van der Waals surface area contributed by atoms with Gasteiger partial charge in [-0.15, -0.1) is 0 Å². The number of ether oxygens (including phenoxy) is 2. The summed E-state index contributed by atoms with van der Waals surface area (Å²) in [5.74, 6) is -1.52. The highest BCUT2D eigenvalue weighted by Gasteiger charge is 2.43. The Hall–Kier alpha value is -2.85. The number of hydrogen-bond acceptors (Lipinski definition) is 9. The van der Waals surface area contributed by atoms with Crippen LogP contribution in [0.5, 0.6) is 23.0 Å². The van der Waals surface area contributed by atoms with Gasteiger partial charge in [0.2, 0.25) is 6.29 Å². The van der Waals surface area contributed by atoms with Crippen molar-refractivity contribution in [2.24, 2.45) is 0 Å². The number of carbonyl (C=O) groups is 1. The first-order chi connectivity index (χ1) is 14.2. The van der Waals surface area contributed by atoms with Crippen LogP contribution in [-0.4, -0.2) is 67.1 Å². The lowest BCUT2D eigenvalue weighted by Gasteiger charge is -2.39. The fourth-order valence-electron chi connectivity index (χ4n) is 3.24. The van der Waals surface area contributed by atoms with Gasteiger partial charge in [-0.3, -0.25) is 4.79 Å². The van der Waals surface area contributed by atoms with Crippen molar-refractivity contribution in [1.82, 2.24) is 0 Å². The lowest BCUT2D eigenvalue weighted by Crippen LogP contribution is -2.58. The van der Waals surface area contributed by atoms with E-state index in [-0.39, 0.29) is 29.2 Å². The molecule has 0 unspecified atom stereocenters. The van der Waals surface area contributed by atoms with Gasteiger partial charge in [-0.2, -0.15) is 0 Å². The zero-order valence-corrected chi connectivity index (χ0v) is 16.2. The summed E-state index contributed by atoms with van der Waals surface area (Å²) in [5, 5.41) is 59.2. The van der Waals surface area contributed by atoms with Crippen LogP contribution in [0.4, 0.5) is 0 Å². The second-order valence-electron chi connectivity index (χ2n) is 7.23. The minimum absolute atomic E-state index is 0.00864. The van der Waals surface area contributed by atoms with Gasteiger partial charge in [0.05, 0.1) is 6.10 Å². The highest BCUT2D eigenvalue weighted by molar-refractivity contribution is 6.01. The van der Waals surface area contributed by atoms with Gasteiger partial charge in [0.25, 0.3) is 0 Å². The number of phenolic OH excluding ortho intramolecular Hbond substituents is 3. The van der Waals surface area contributed by atoms with Crippen LogP contribution in [0.3, 0.4) is 0 Å². The zero-order chi connectivity index (χ0) is 22.0. The Morgan fingerprint density at radius 3 is 2.30 bits per heavy atom. The number of phenols is 3. The molecule has 30 heavy (non-hydrogen) atoms. The fourth-order valence-corrected chi connectivity index (χ4v) is 3.24. The third-order valence-corrected chi connectivity index (χ3v) is 4.97. The Bertz CT molecular complexity index is 896. The van der Waals surface area contributed by atoms with Gasteiger partial charge in [0.15, 0.2) is 5.78 Å². The third kappa shape index (κ3) is 4.65. The molecule has 0 bridgehead atoms. The SMILES string of the molecule is C[C@@H]1O[C@@H](Oc2cc(O)cc(O)c2C(=O)CCc2ccc(O)cc2)[C@H](O)[C@@H](O)[C@H]1O. The first-order valence-electron chi connectivity index (χ1n) is 9.40. The summed E-state index contributed by atoms with van der Waals surface area (Å²) < 4.78 is 10.9. The van der Waals surface area contributed by atoms with Crippen molar-refractivity contribution >= 4 is 5.78 Å². The largest absolute Gasteiger partial charge is 0.508 e. The van der Waals surface area contributed by atoms with Crippen LogP contribution in [0.15, 0.2) is 36.4 Å². The summed E-state index contributed by atoms with van der Waals surface area (Å²) in [6.45, 7) is 1.47. The number of hydrogen-bond donors (Lipinski definition) is 6. The van der Waals surface area contributed by atoms with E-state index < -0.39 is 42.2 Å². The van der Waals surface area contributed by atoms with Crippen molar-refractivity contribution in [3.8, 4) is 23.0 Å². The molecule has 2 aromatic carbocycles. The highest BCUT2D eigenvalue weighted by atomic mass is 16.7. The number of aliphatic hydroxyl groups is 3. The van der Waals surface area contributed by atoms with Crippen LogP contribution in [0, 0.1) is 0 Å². The maximum atomic E-state index is 12.8. The number of rotatable bonds is 6. The van der Waals surface area contributed by atoms with E-state index in [0.29, 0.717) is 6.42 Å². The minimum atomic E-state index is -1.62. The first-order valence-corrected chi connectivity index (χ1v) is 9.40. The fraction of sp³-hybridized carbons (Fsp3) is 0.381. The molecule has 1 aliphatic heterocycles. The predicted molar refractivity (Wildman–Crippen MR) is 104 cm³/mol. The number of aryl methyl sites for hydroxylation is 1. The Morgan fingerprint density at radius 1 is 0.967 bits per heavy atom. The summed E-state index contributed by atoms with van der Waals surface area (Å²) in [4.78, 5) is 12.8. The molecule has 9 heteroatoms. The number of aromatic hydroxyl groups is 3. The van der Waals surface area contributed by atoms with Gasteiger partial charge >= 0.3 is 0 Å². The van der Waals surface area contributed by atoms with Crippen LogP contribution >= 0.6 is 0 Å². The second-order valence-corrected chi connectivity index (χ2v) is 7.23. The van der Waals surface area contributed by atoms with Crippen molar-refractivity contribution in [2.75, 3.05) is 0 Å². The molecule has 0 radical (unpaired) electrons. The van der Waals surface area contributed by atoms with Gasteiger partial charge in [-0.1, -0.05) is 12.1 Å². The van der Waals surface area contributed by atoms with E-state index in [9.17, 15) is 35.4 Å². The molecular formula is C21H24O9. The van der Waals surface area contributed by atoms with E-state index >= 15 is 0 Å². The van der Waals surface area contributed by atoms with E-state index in [0.717, 1.165) is 17.7 Å². The predicted octanol–water partition coefficient (Wildman–Crippen LogP) is 0.825. The van der Waals surface area contributed by atoms with Gasteiger partial charge in [-0.05, 0) is 31.0 Å². The molecule has 162 valence electrons. The Labute approximate surface area is 172 Å². The molecule has 0 aliphatic carbocycles. The molecule has 1 aliphatic rings. The lowest BCUT2D eigenvalue weighted by molar-refractivity contribution is -0.268. The van der Waals surface area contributed by atoms with Gasteiger partial charge in [0, 0.05) is 18.6 Å². The third-order valence-electron chi connectivity index (χ3n) is 4.97. The topological polar surface area (TPSA) is 157 Å². The van der Waals surface area contributed by atoms with Gasteiger partial charge < -0.3 is 40.1 Å². The standard InChI is InChI=1S/C21H24O9/c1-10-18(26)19(27)20(28)21(29-10)30-16-9-13(23)8-15(25)17(16)14(24)7-4-11-2-5-12(22)6-3-11/h2-3,5-6,8-10,18-23,25-28H,4,7H2,1H3/t10-,18-,19-,20+,21-/m0/s1. The van der Waals surface area contributed by atoms with Crippen molar-refractivity contribution < 1.29 is 44.9 Å². The molecule has 9 nitrogen and oxygen atoms in total. The van der Waals surface area contributed by atoms with Crippen molar-refractivity contribution in [3.05, 3.63) is 47.5 Å². The smallest absolute Gasteiger partial charge is 0.229 e. The molecule has 3 rings (SSSR count). The molecule has 1 fully saturated rings. The molecular weight excluding hydrogens is 396 g/mol. The van der Waals surface area contributed by atoms with Crippen LogP contribution in [-0.2, 0) is 11.2 Å². The molecule has 1 saturated heterocycles. The summed E-state index contributed by atoms with van der Waals surface area (Å²) in [6, 6.07) is 8.39. The average Bonchev–Trinajstić information content (AvgIpc) is 2.69. The zero-order valence-electron chi connectivity index (χ0n) is 16.2. The Kier molecular flexibility index (Phi) is 6.47. The molecule has 2 aromatic rings. The maximum Gasteiger partial charge on any atom is 0.229 e.